The molecule has 0 heterocycles. The molecule has 140 valence electrons. The van der Waals surface area contributed by atoms with E-state index in [1.54, 1.807) is 18.4 Å². The number of halogens is 2. The highest BCUT2D eigenvalue weighted by Gasteiger charge is 2.03. The van der Waals surface area contributed by atoms with Gasteiger partial charge in [-0.1, -0.05) is 35.3 Å². The van der Waals surface area contributed by atoms with Crippen LogP contribution in [0.1, 0.15) is 12.0 Å². The number of rotatable bonds is 9. The normalized spacial score (nSPS) is 11.7. The van der Waals surface area contributed by atoms with Gasteiger partial charge in [0.25, 0.3) is 0 Å². The van der Waals surface area contributed by atoms with E-state index in [-0.39, 0.29) is 5.91 Å². The van der Waals surface area contributed by atoms with Gasteiger partial charge in [-0.2, -0.15) is 0 Å². The van der Waals surface area contributed by atoms with Crippen LogP contribution in [-0.2, 0) is 22.2 Å². The van der Waals surface area contributed by atoms with E-state index < -0.39 is 11.0 Å². The maximum Gasteiger partial charge on any atom is 0.220 e. The summed E-state index contributed by atoms with van der Waals surface area (Å²) >= 11 is 11.8. The molecule has 0 spiro atoms. The summed E-state index contributed by atoms with van der Waals surface area (Å²) in [5, 5.41) is 7.05. The van der Waals surface area contributed by atoms with E-state index in [1.165, 1.54) is 0 Å². The summed E-state index contributed by atoms with van der Waals surface area (Å²) in [5.74, 6) is -0.00204. The summed E-state index contributed by atoms with van der Waals surface area (Å²) < 4.78 is 13.9. The Morgan fingerprint density at radius 2 is 1.69 bits per heavy atom. The first-order valence-corrected chi connectivity index (χ1v) is 10.4. The van der Waals surface area contributed by atoms with Gasteiger partial charge in [0.15, 0.2) is 0 Å². The predicted octanol–water partition coefficient (Wildman–Crippen LogP) is 3.86. The Morgan fingerprint density at radius 1 is 1.00 bits per heavy atom. The van der Waals surface area contributed by atoms with Crippen molar-refractivity contribution in [1.82, 2.24) is 5.32 Å². The molecule has 8 heteroatoms. The molecule has 1 amide bonds. The molecule has 26 heavy (non-hydrogen) atoms. The monoisotopic (exact) mass is 413 g/mol. The van der Waals surface area contributed by atoms with Crippen molar-refractivity contribution in [2.75, 3.05) is 29.4 Å². The average molecular weight is 414 g/mol. The second-order valence-corrected chi connectivity index (χ2v) is 7.59. The minimum Gasteiger partial charge on any atom is -0.383 e. The van der Waals surface area contributed by atoms with Crippen LogP contribution in [0.25, 0.3) is 0 Å². The first kappa shape index (κ1) is 20.6. The van der Waals surface area contributed by atoms with Crippen molar-refractivity contribution in [2.24, 2.45) is 0 Å². The third-order valence-electron chi connectivity index (χ3n) is 3.55. The van der Waals surface area contributed by atoms with Crippen LogP contribution < -0.4 is 15.4 Å². The standard InChI is InChI=1S/C18H21Cl2N3O2S/c1-26(25)23-14-5-2-13(3-6-14)4-9-18(24)22-11-10-21-15-7-8-16(19)17(20)12-15/h2-3,5-8,12,21,23H,4,9-11H2,1H3,(H,22,24). The van der Waals surface area contributed by atoms with Crippen molar-refractivity contribution in [3.05, 3.63) is 58.1 Å². The van der Waals surface area contributed by atoms with Crippen molar-refractivity contribution < 1.29 is 9.00 Å². The molecule has 0 bridgehead atoms. The van der Waals surface area contributed by atoms with Crippen molar-refractivity contribution in [3.63, 3.8) is 0 Å². The van der Waals surface area contributed by atoms with Gasteiger partial charge in [0.1, 0.15) is 11.0 Å². The number of hydrogen-bond donors (Lipinski definition) is 3. The largest absolute Gasteiger partial charge is 0.383 e. The van der Waals surface area contributed by atoms with Gasteiger partial charge in [-0.25, -0.2) is 4.21 Å². The molecule has 2 rings (SSSR count). The third kappa shape index (κ3) is 7.23. The molecule has 0 radical (unpaired) electrons. The molecule has 0 saturated carbocycles. The predicted molar refractivity (Wildman–Crippen MR) is 110 cm³/mol. The maximum atomic E-state index is 11.9. The van der Waals surface area contributed by atoms with Crippen molar-refractivity contribution in [1.29, 1.82) is 0 Å². The van der Waals surface area contributed by atoms with Crippen molar-refractivity contribution in [2.45, 2.75) is 12.8 Å². The van der Waals surface area contributed by atoms with E-state index in [1.807, 2.05) is 30.3 Å². The lowest BCUT2D eigenvalue weighted by atomic mass is 10.1. The molecule has 2 aromatic carbocycles. The Bertz CT molecular complexity index is 770. The zero-order valence-corrected chi connectivity index (χ0v) is 16.7. The van der Waals surface area contributed by atoms with E-state index in [4.69, 9.17) is 23.2 Å². The molecule has 0 fully saturated rings. The average Bonchev–Trinajstić information content (AvgIpc) is 2.60. The Balaban J connectivity index is 1.65. The van der Waals surface area contributed by atoms with Crippen LogP contribution in [0.5, 0.6) is 0 Å². The lowest BCUT2D eigenvalue weighted by Gasteiger charge is -2.09. The fourth-order valence-corrected chi connectivity index (χ4v) is 3.03. The molecule has 1 unspecified atom stereocenters. The highest BCUT2D eigenvalue weighted by molar-refractivity contribution is 7.85. The summed E-state index contributed by atoms with van der Waals surface area (Å²) in [6.45, 7) is 1.11. The summed E-state index contributed by atoms with van der Waals surface area (Å²) in [6, 6.07) is 12.9. The first-order chi connectivity index (χ1) is 12.4. The lowest BCUT2D eigenvalue weighted by molar-refractivity contribution is -0.120. The number of anilines is 2. The van der Waals surface area contributed by atoms with Crippen LogP contribution in [0.15, 0.2) is 42.5 Å². The number of amides is 1. The number of carbonyl (C=O) groups excluding carboxylic acids is 1. The van der Waals surface area contributed by atoms with Crippen LogP contribution in [0.4, 0.5) is 11.4 Å². The molecular formula is C18H21Cl2N3O2S. The van der Waals surface area contributed by atoms with Crippen LogP contribution >= 0.6 is 23.2 Å². The Kier molecular flexibility index (Phi) is 8.22. The van der Waals surface area contributed by atoms with Gasteiger partial charge in [-0.15, -0.1) is 0 Å². The van der Waals surface area contributed by atoms with Crippen LogP contribution in [0.3, 0.4) is 0 Å². The van der Waals surface area contributed by atoms with Crippen LogP contribution in [0, 0.1) is 0 Å². The summed E-state index contributed by atoms with van der Waals surface area (Å²) in [7, 11) is -1.09. The minimum atomic E-state index is -1.09. The Labute approximate surface area is 166 Å². The molecule has 0 aliphatic heterocycles. The van der Waals surface area contributed by atoms with E-state index >= 15 is 0 Å². The highest BCUT2D eigenvalue weighted by atomic mass is 35.5. The van der Waals surface area contributed by atoms with E-state index in [0.717, 1.165) is 16.9 Å². The molecule has 0 aliphatic carbocycles. The quantitative estimate of drug-likeness (QED) is 0.546. The smallest absolute Gasteiger partial charge is 0.220 e. The van der Waals surface area contributed by atoms with E-state index in [2.05, 4.69) is 15.4 Å². The highest BCUT2D eigenvalue weighted by Crippen LogP contribution is 2.24. The maximum absolute atomic E-state index is 11.9. The van der Waals surface area contributed by atoms with E-state index in [0.29, 0.717) is 36.0 Å². The van der Waals surface area contributed by atoms with Gasteiger partial charge >= 0.3 is 0 Å². The molecular weight excluding hydrogens is 393 g/mol. The lowest BCUT2D eigenvalue weighted by Crippen LogP contribution is -2.28. The summed E-state index contributed by atoms with van der Waals surface area (Å²) in [6.07, 6.45) is 2.65. The zero-order chi connectivity index (χ0) is 18.9. The fourth-order valence-electron chi connectivity index (χ4n) is 2.27. The second-order valence-electron chi connectivity index (χ2n) is 5.66. The van der Waals surface area contributed by atoms with Gasteiger partial charge in [0.2, 0.25) is 5.91 Å². The van der Waals surface area contributed by atoms with E-state index in [9.17, 15) is 9.00 Å². The molecule has 3 N–H and O–H groups in total. The number of aryl methyl sites for hydroxylation is 1. The Hall–Kier alpha value is -1.76. The molecule has 0 aliphatic rings. The van der Waals surface area contributed by atoms with Crippen LogP contribution in [-0.4, -0.2) is 29.5 Å². The van der Waals surface area contributed by atoms with Crippen LogP contribution in [0.2, 0.25) is 10.0 Å². The topological polar surface area (TPSA) is 70.2 Å². The van der Waals surface area contributed by atoms with Gasteiger partial charge in [-0.05, 0) is 42.3 Å². The summed E-state index contributed by atoms with van der Waals surface area (Å²) in [5.41, 5.74) is 2.71. The summed E-state index contributed by atoms with van der Waals surface area (Å²) in [4.78, 5) is 11.9. The molecule has 0 saturated heterocycles. The number of hydrogen-bond acceptors (Lipinski definition) is 3. The third-order valence-corrected chi connectivity index (χ3v) is 4.81. The van der Waals surface area contributed by atoms with Crippen molar-refractivity contribution in [3.8, 4) is 0 Å². The SMILES string of the molecule is CS(=O)Nc1ccc(CCC(=O)NCCNc2ccc(Cl)c(Cl)c2)cc1. The zero-order valence-electron chi connectivity index (χ0n) is 14.4. The number of nitrogens with one attached hydrogen (secondary N) is 3. The van der Waals surface area contributed by atoms with Gasteiger partial charge < -0.3 is 15.4 Å². The second kappa shape index (κ2) is 10.4. The van der Waals surface area contributed by atoms with Gasteiger partial charge in [0, 0.05) is 37.1 Å². The van der Waals surface area contributed by atoms with Gasteiger partial charge in [-0.3, -0.25) is 4.79 Å². The number of carbonyl (C=O) groups is 1. The Morgan fingerprint density at radius 3 is 2.35 bits per heavy atom. The number of benzene rings is 2. The molecule has 2 aromatic rings. The van der Waals surface area contributed by atoms with Crippen molar-refractivity contribution >= 4 is 51.5 Å². The fraction of sp³-hybridized carbons (Fsp3) is 0.278. The minimum absolute atomic E-state index is 0.00204. The molecule has 1 atom stereocenters. The molecule has 0 aromatic heterocycles. The first-order valence-electron chi connectivity index (χ1n) is 8.08. The molecule has 5 nitrogen and oxygen atoms in total. The van der Waals surface area contributed by atoms with Gasteiger partial charge in [0.05, 0.1) is 10.0 Å².